The molecule has 0 radical (unpaired) electrons. The molecule has 142 valence electrons. The van der Waals surface area contributed by atoms with Crippen LogP contribution in [-0.4, -0.2) is 36.3 Å². The maximum Gasteiger partial charge on any atom is 0.417 e. The zero-order valence-corrected chi connectivity index (χ0v) is 14.4. The minimum Gasteiger partial charge on any atom is -0.364 e. The number of nitrogens with two attached hydrogens (primary N) is 1. The summed E-state index contributed by atoms with van der Waals surface area (Å²) in [6.45, 7) is 3.63. The third-order valence-corrected chi connectivity index (χ3v) is 4.22. The molecule has 0 bridgehead atoms. The molecule has 11 heteroatoms. The smallest absolute Gasteiger partial charge is 0.364 e. The molecule has 2 heterocycles. The first-order chi connectivity index (χ1) is 12.8. The molecule has 0 aliphatic rings. The number of amides is 1. The molecule has 1 atom stereocenters. The Hall–Kier alpha value is -3.24. The van der Waals surface area contributed by atoms with Crippen LogP contribution < -0.4 is 5.73 Å². The first-order valence-corrected chi connectivity index (χ1v) is 8.08. The van der Waals surface area contributed by atoms with Gasteiger partial charge in [0.1, 0.15) is 0 Å². The minimum atomic E-state index is -4.61. The lowest BCUT2D eigenvalue weighted by atomic mass is 9.98. The topological polar surface area (TPSA) is 115 Å². The number of aromatic amines is 1. The molecule has 1 aromatic carbocycles. The zero-order chi connectivity index (χ0) is 19.8. The Balaban J connectivity index is 2.43. The van der Waals surface area contributed by atoms with Crippen LogP contribution in [-0.2, 0) is 6.18 Å². The number of alkyl halides is 3. The number of nitrogens with zero attached hydrogens (tertiary/aromatic N) is 5. The molecule has 0 fully saturated rings. The highest BCUT2D eigenvalue weighted by atomic mass is 19.4. The molecule has 8 nitrogen and oxygen atoms in total. The molecule has 0 aliphatic carbocycles. The highest BCUT2D eigenvalue weighted by Crippen LogP contribution is 2.42. The lowest BCUT2D eigenvalue weighted by Gasteiger charge is -2.18. The number of benzene rings is 1. The van der Waals surface area contributed by atoms with Gasteiger partial charge in [0.25, 0.3) is 5.91 Å². The lowest BCUT2D eigenvalue weighted by molar-refractivity contribution is -0.137. The molecule has 0 spiro atoms. The third-order valence-electron chi connectivity index (χ3n) is 4.22. The fourth-order valence-corrected chi connectivity index (χ4v) is 2.78. The summed E-state index contributed by atoms with van der Waals surface area (Å²) in [6.07, 6.45) is -4.04. The lowest BCUT2D eigenvalue weighted by Crippen LogP contribution is -2.14. The van der Waals surface area contributed by atoms with Crippen LogP contribution in [0.2, 0.25) is 0 Å². The van der Waals surface area contributed by atoms with E-state index in [9.17, 15) is 18.0 Å². The summed E-state index contributed by atoms with van der Waals surface area (Å²) in [4.78, 5) is 11.9. The van der Waals surface area contributed by atoms with Crippen molar-refractivity contribution in [3.05, 3.63) is 35.5 Å². The average molecular weight is 379 g/mol. The number of rotatable bonds is 5. The number of hydrogen-bond donors (Lipinski definition) is 2. The standard InChI is InChI=1S/C16H16F3N7O/c1-3-8(2)26-13(9-6-4-5-7-10(9)16(17,18)19)11(12(23-26)14(20)27)15-21-24-25-22-15/h4-8H,3H2,1-2H3,(H2,20,27)(H,21,22,24,25). The van der Waals surface area contributed by atoms with E-state index in [0.29, 0.717) is 6.42 Å². The summed E-state index contributed by atoms with van der Waals surface area (Å²) in [5, 5.41) is 17.3. The highest BCUT2D eigenvalue weighted by molar-refractivity contribution is 6.01. The maximum absolute atomic E-state index is 13.6. The van der Waals surface area contributed by atoms with Gasteiger partial charge in [0.2, 0.25) is 0 Å². The Labute approximate surface area is 151 Å². The Morgan fingerprint density at radius 1 is 1.33 bits per heavy atom. The van der Waals surface area contributed by atoms with E-state index in [1.165, 1.54) is 22.9 Å². The second kappa shape index (κ2) is 6.82. The van der Waals surface area contributed by atoms with E-state index in [2.05, 4.69) is 25.7 Å². The molecule has 0 saturated heterocycles. The highest BCUT2D eigenvalue weighted by Gasteiger charge is 2.37. The minimum absolute atomic E-state index is 0.00494. The number of carbonyl (C=O) groups is 1. The molecule has 3 rings (SSSR count). The first-order valence-electron chi connectivity index (χ1n) is 8.08. The van der Waals surface area contributed by atoms with E-state index in [-0.39, 0.29) is 34.4 Å². The number of H-pyrrole nitrogens is 1. The Morgan fingerprint density at radius 2 is 2.04 bits per heavy atom. The Kier molecular flexibility index (Phi) is 4.68. The van der Waals surface area contributed by atoms with Gasteiger partial charge >= 0.3 is 6.18 Å². The molecule has 1 amide bonds. The SMILES string of the molecule is CCC(C)n1nc(C(N)=O)c(-c2nnn[nH]2)c1-c1ccccc1C(F)(F)F. The zero-order valence-electron chi connectivity index (χ0n) is 14.4. The van der Waals surface area contributed by atoms with Gasteiger partial charge in [-0.25, -0.2) is 5.10 Å². The molecule has 0 saturated carbocycles. The van der Waals surface area contributed by atoms with Gasteiger partial charge in [0, 0.05) is 11.6 Å². The number of tetrazole rings is 1. The predicted molar refractivity (Wildman–Crippen MR) is 89.4 cm³/mol. The van der Waals surface area contributed by atoms with Crippen molar-refractivity contribution < 1.29 is 18.0 Å². The van der Waals surface area contributed by atoms with Crippen LogP contribution in [0.5, 0.6) is 0 Å². The number of nitrogens with one attached hydrogen (secondary N) is 1. The summed E-state index contributed by atoms with van der Waals surface area (Å²) in [5.74, 6) is -0.889. The van der Waals surface area contributed by atoms with Crippen LogP contribution in [0.4, 0.5) is 13.2 Å². The number of primary amides is 1. The summed E-state index contributed by atoms with van der Waals surface area (Å²) < 4.78 is 42.2. The molecule has 0 aliphatic heterocycles. The maximum atomic E-state index is 13.6. The van der Waals surface area contributed by atoms with Gasteiger partial charge in [0.05, 0.1) is 16.8 Å². The number of aromatic nitrogens is 6. The van der Waals surface area contributed by atoms with Crippen molar-refractivity contribution in [2.24, 2.45) is 5.73 Å². The largest absolute Gasteiger partial charge is 0.417 e. The van der Waals surface area contributed by atoms with Crippen molar-refractivity contribution in [3.63, 3.8) is 0 Å². The number of hydrogen-bond acceptors (Lipinski definition) is 5. The van der Waals surface area contributed by atoms with Crippen molar-refractivity contribution in [1.82, 2.24) is 30.4 Å². The van der Waals surface area contributed by atoms with Gasteiger partial charge in [0.15, 0.2) is 11.5 Å². The fraction of sp³-hybridized carbons (Fsp3) is 0.312. The van der Waals surface area contributed by atoms with E-state index >= 15 is 0 Å². The van der Waals surface area contributed by atoms with Crippen molar-refractivity contribution in [2.45, 2.75) is 32.5 Å². The van der Waals surface area contributed by atoms with Gasteiger partial charge in [-0.15, -0.1) is 5.10 Å². The van der Waals surface area contributed by atoms with Gasteiger partial charge in [-0.3, -0.25) is 9.48 Å². The van der Waals surface area contributed by atoms with Gasteiger partial charge in [-0.1, -0.05) is 25.1 Å². The van der Waals surface area contributed by atoms with Gasteiger partial charge in [-0.05, 0) is 29.8 Å². The van der Waals surface area contributed by atoms with Crippen molar-refractivity contribution >= 4 is 5.91 Å². The molecule has 3 aromatic rings. The van der Waals surface area contributed by atoms with Gasteiger partial charge in [-0.2, -0.15) is 18.3 Å². The van der Waals surface area contributed by atoms with E-state index in [0.717, 1.165) is 6.07 Å². The monoisotopic (exact) mass is 379 g/mol. The molecule has 27 heavy (non-hydrogen) atoms. The summed E-state index contributed by atoms with van der Waals surface area (Å²) >= 11 is 0. The molecule has 1 unspecified atom stereocenters. The van der Waals surface area contributed by atoms with Crippen LogP contribution in [0.3, 0.4) is 0 Å². The quantitative estimate of drug-likeness (QED) is 0.707. The molecule has 2 aromatic heterocycles. The van der Waals surface area contributed by atoms with Crippen LogP contribution in [0.25, 0.3) is 22.6 Å². The van der Waals surface area contributed by atoms with E-state index in [1.807, 2.05) is 6.92 Å². The summed E-state index contributed by atoms with van der Waals surface area (Å²) in [5.41, 5.74) is 4.32. The number of halogens is 3. The average Bonchev–Trinajstić information content (AvgIpc) is 3.27. The molecule has 3 N–H and O–H groups in total. The predicted octanol–water partition coefficient (Wildman–Crippen LogP) is 2.82. The molecular weight excluding hydrogens is 363 g/mol. The van der Waals surface area contributed by atoms with Crippen LogP contribution in [0.1, 0.15) is 42.4 Å². The summed E-state index contributed by atoms with van der Waals surface area (Å²) in [6, 6.07) is 4.75. The third kappa shape index (κ3) is 3.27. The van der Waals surface area contributed by atoms with Crippen LogP contribution in [0.15, 0.2) is 24.3 Å². The van der Waals surface area contributed by atoms with Crippen molar-refractivity contribution in [2.75, 3.05) is 0 Å². The Bertz CT molecular complexity index is 963. The van der Waals surface area contributed by atoms with E-state index in [1.54, 1.807) is 6.92 Å². The van der Waals surface area contributed by atoms with E-state index < -0.39 is 17.6 Å². The van der Waals surface area contributed by atoms with Crippen molar-refractivity contribution in [1.29, 1.82) is 0 Å². The summed E-state index contributed by atoms with van der Waals surface area (Å²) in [7, 11) is 0. The normalized spacial score (nSPS) is 12.9. The van der Waals surface area contributed by atoms with Crippen LogP contribution in [0, 0.1) is 0 Å². The van der Waals surface area contributed by atoms with Crippen molar-refractivity contribution in [3.8, 4) is 22.6 Å². The fourth-order valence-electron chi connectivity index (χ4n) is 2.78. The second-order valence-corrected chi connectivity index (χ2v) is 5.93. The number of carbonyl (C=O) groups excluding carboxylic acids is 1. The van der Waals surface area contributed by atoms with Crippen LogP contribution >= 0.6 is 0 Å². The first kappa shape index (κ1) is 18.5. The van der Waals surface area contributed by atoms with Gasteiger partial charge < -0.3 is 5.73 Å². The second-order valence-electron chi connectivity index (χ2n) is 5.93. The molecular formula is C16H16F3N7O. The van der Waals surface area contributed by atoms with E-state index in [4.69, 9.17) is 5.73 Å². The Morgan fingerprint density at radius 3 is 2.59 bits per heavy atom.